The standard InChI is InChI=1S/C23H25N3O2/c1-3-18(14-6-4-13(2)5-7-14)24-22(27)17-12-19(15-8-9-15)25-23-20(17)21(26-28-23)16-10-11-16/h4-7,12,15-16,18H,3,8-11H2,1-2H3,(H,24,27). The summed E-state index contributed by atoms with van der Waals surface area (Å²) in [5.74, 6) is 0.789. The number of hydrogen-bond donors (Lipinski definition) is 1. The fourth-order valence-corrected chi connectivity index (χ4v) is 3.85. The molecule has 1 aromatic carbocycles. The van der Waals surface area contributed by atoms with E-state index in [9.17, 15) is 4.79 Å². The maximum atomic E-state index is 13.3. The van der Waals surface area contributed by atoms with Crippen LogP contribution in [-0.4, -0.2) is 16.0 Å². The molecule has 1 atom stereocenters. The molecule has 0 saturated heterocycles. The molecule has 1 unspecified atom stereocenters. The van der Waals surface area contributed by atoms with Crippen molar-refractivity contribution in [2.75, 3.05) is 0 Å². The Morgan fingerprint density at radius 1 is 1.18 bits per heavy atom. The van der Waals surface area contributed by atoms with E-state index in [1.165, 1.54) is 5.56 Å². The molecule has 28 heavy (non-hydrogen) atoms. The van der Waals surface area contributed by atoms with Gasteiger partial charge in [-0.2, -0.15) is 0 Å². The summed E-state index contributed by atoms with van der Waals surface area (Å²) < 4.78 is 5.55. The zero-order valence-electron chi connectivity index (χ0n) is 16.4. The molecule has 3 aromatic rings. The van der Waals surface area contributed by atoms with Crippen LogP contribution in [-0.2, 0) is 0 Å². The first-order valence-electron chi connectivity index (χ1n) is 10.3. The number of fused-ring (bicyclic) bond motifs is 1. The van der Waals surface area contributed by atoms with Gasteiger partial charge >= 0.3 is 0 Å². The van der Waals surface area contributed by atoms with Crippen molar-refractivity contribution in [1.29, 1.82) is 0 Å². The highest BCUT2D eigenvalue weighted by Crippen LogP contribution is 2.45. The van der Waals surface area contributed by atoms with Crippen molar-refractivity contribution in [3.63, 3.8) is 0 Å². The average Bonchev–Trinajstić information content (AvgIpc) is 3.63. The van der Waals surface area contributed by atoms with Crippen LogP contribution in [0.1, 0.15) is 89.8 Å². The molecule has 5 rings (SSSR count). The Balaban J connectivity index is 1.52. The first kappa shape index (κ1) is 17.4. The normalized spacial score (nSPS) is 17.6. The van der Waals surface area contributed by atoms with Crippen molar-refractivity contribution >= 4 is 17.0 Å². The average molecular weight is 375 g/mol. The number of aryl methyl sites for hydroxylation is 1. The van der Waals surface area contributed by atoms with Crippen molar-refractivity contribution < 1.29 is 9.32 Å². The molecule has 2 aliphatic carbocycles. The summed E-state index contributed by atoms with van der Waals surface area (Å²) in [4.78, 5) is 18.0. The summed E-state index contributed by atoms with van der Waals surface area (Å²) in [6.07, 6.45) is 5.30. The van der Waals surface area contributed by atoms with Crippen LogP contribution in [0.25, 0.3) is 11.1 Å². The molecule has 0 radical (unpaired) electrons. The molecule has 1 amide bonds. The summed E-state index contributed by atoms with van der Waals surface area (Å²) in [5, 5.41) is 8.32. The van der Waals surface area contributed by atoms with Crippen molar-refractivity contribution in [3.8, 4) is 0 Å². The monoisotopic (exact) mass is 375 g/mol. The van der Waals surface area contributed by atoms with Crippen molar-refractivity contribution in [3.05, 3.63) is 58.4 Å². The lowest BCUT2D eigenvalue weighted by atomic mass is 10.0. The molecule has 2 fully saturated rings. The van der Waals surface area contributed by atoms with Gasteiger partial charge in [0.15, 0.2) is 0 Å². The van der Waals surface area contributed by atoms with Crippen molar-refractivity contribution in [1.82, 2.24) is 15.5 Å². The van der Waals surface area contributed by atoms with Crippen LogP contribution in [0.15, 0.2) is 34.9 Å². The minimum Gasteiger partial charge on any atom is -0.345 e. The zero-order chi connectivity index (χ0) is 19.3. The van der Waals surface area contributed by atoms with Crippen LogP contribution in [0.4, 0.5) is 0 Å². The van der Waals surface area contributed by atoms with Gasteiger partial charge in [0, 0.05) is 17.5 Å². The lowest BCUT2D eigenvalue weighted by Crippen LogP contribution is -2.28. The van der Waals surface area contributed by atoms with Gasteiger partial charge in [-0.1, -0.05) is 41.9 Å². The van der Waals surface area contributed by atoms with E-state index in [4.69, 9.17) is 4.52 Å². The van der Waals surface area contributed by atoms with Gasteiger partial charge in [0.2, 0.25) is 0 Å². The first-order valence-corrected chi connectivity index (χ1v) is 10.3. The van der Waals surface area contributed by atoms with Gasteiger partial charge in [-0.05, 0) is 50.7 Å². The second kappa shape index (κ2) is 6.73. The van der Waals surface area contributed by atoms with Gasteiger partial charge in [-0.15, -0.1) is 0 Å². The number of carbonyl (C=O) groups excluding carboxylic acids is 1. The minimum atomic E-state index is -0.0631. The molecule has 2 saturated carbocycles. The van der Waals surface area contributed by atoms with Gasteiger partial charge in [0.1, 0.15) is 0 Å². The van der Waals surface area contributed by atoms with E-state index in [2.05, 4.69) is 53.6 Å². The smallest absolute Gasteiger partial charge is 0.259 e. The second-order valence-electron chi connectivity index (χ2n) is 8.24. The van der Waals surface area contributed by atoms with Crippen LogP contribution < -0.4 is 5.32 Å². The first-order chi connectivity index (χ1) is 13.6. The number of nitrogens with one attached hydrogen (secondary N) is 1. The minimum absolute atomic E-state index is 0.0232. The number of hydrogen-bond acceptors (Lipinski definition) is 4. The quantitative estimate of drug-likeness (QED) is 0.645. The fraction of sp³-hybridized carbons (Fsp3) is 0.435. The summed E-state index contributed by atoms with van der Waals surface area (Å²) in [6, 6.07) is 10.3. The van der Waals surface area contributed by atoms with Crippen LogP contribution in [0.5, 0.6) is 0 Å². The van der Waals surface area contributed by atoms with E-state index >= 15 is 0 Å². The highest BCUT2D eigenvalue weighted by Gasteiger charge is 2.34. The molecule has 2 aromatic heterocycles. The number of nitrogens with zero attached hydrogens (tertiary/aromatic N) is 2. The van der Waals surface area contributed by atoms with Crippen LogP contribution >= 0.6 is 0 Å². The summed E-state index contributed by atoms with van der Waals surface area (Å²) in [6.45, 7) is 4.17. The lowest BCUT2D eigenvalue weighted by molar-refractivity contribution is 0.0937. The van der Waals surface area contributed by atoms with Gasteiger partial charge in [0.05, 0.1) is 22.7 Å². The molecule has 5 heteroatoms. The molecule has 1 N–H and O–H groups in total. The van der Waals surface area contributed by atoms with Gasteiger partial charge < -0.3 is 9.84 Å². The van der Waals surface area contributed by atoms with Gasteiger partial charge in [-0.25, -0.2) is 4.98 Å². The Labute approximate surface area is 164 Å². The van der Waals surface area contributed by atoms with Crippen LogP contribution in [0, 0.1) is 6.92 Å². The largest absolute Gasteiger partial charge is 0.345 e. The Hall–Kier alpha value is -2.69. The number of amides is 1. The summed E-state index contributed by atoms with van der Waals surface area (Å²) in [7, 11) is 0. The summed E-state index contributed by atoms with van der Waals surface area (Å²) in [5.41, 5.74) is 5.38. The topological polar surface area (TPSA) is 68.0 Å². The number of rotatable bonds is 6. The summed E-state index contributed by atoms with van der Waals surface area (Å²) >= 11 is 0. The Morgan fingerprint density at radius 2 is 1.89 bits per heavy atom. The third-order valence-electron chi connectivity index (χ3n) is 5.89. The third-order valence-corrected chi connectivity index (χ3v) is 5.89. The van der Waals surface area contributed by atoms with E-state index in [0.29, 0.717) is 23.1 Å². The van der Waals surface area contributed by atoms with E-state index < -0.39 is 0 Å². The second-order valence-corrected chi connectivity index (χ2v) is 8.24. The SMILES string of the molecule is CCC(NC(=O)c1cc(C2CC2)nc2onc(C3CC3)c12)c1ccc(C)cc1. The van der Waals surface area contributed by atoms with Crippen molar-refractivity contribution in [2.24, 2.45) is 0 Å². The van der Waals surface area contributed by atoms with Crippen LogP contribution in [0.3, 0.4) is 0 Å². The molecule has 0 aliphatic heterocycles. The van der Waals surface area contributed by atoms with Crippen LogP contribution in [0.2, 0.25) is 0 Å². The predicted molar refractivity (Wildman–Crippen MR) is 107 cm³/mol. The molecule has 2 heterocycles. The third kappa shape index (κ3) is 3.19. The molecular formula is C23H25N3O2. The molecular weight excluding hydrogens is 350 g/mol. The van der Waals surface area contributed by atoms with Gasteiger partial charge in [0.25, 0.3) is 11.6 Å². The Morgan fingerprint density at radius 3 is 2.54 bits per heavy atom. The van der Waals surface area contributed by atoms with E-state index in [1.807, 2.05) is 6.07 Å². The Bertz CT molecular complexity index is 1030. The molecule has 0 bridgehead atoms. The number of carbonyl (C=O) groups is 1. The lowest BCUT2D eigenvalue weighted by Gasteiger charge is -2.18. The number of pyridine rings is 1. The maximum absolute atomic E-state index is 13.3. The predicted octanol–water partition coefficient (Wildman–Crippen LogP) is 5.17. The fourth-order valence-electron chi connectivity index (χ4n) is 3.85. The molecule has 2 aliphatic rings. The molecule has 144 valence electrons. The Kier molecular flexibility index (Phi) is 4.18. The van der Waals surface area contributed by atoms with Crippen molar-refractivity contribution in [2.45, 2.75) is 63.8 Å². The highest BCUT2D eigenvalue weighted by molar-refractivity contribution is 6.06. The highest BCUT2D eigenvalue weighted by atomic mass is 16.5. The van der Waals surface area contributed by atoms with E-state index in [1.54, 1.807) is 0 Å². The van der Waals surface area contributed by atoms with Gasteiger partial charge in [-0.3, -0.25) is 4.79 Å². The molecule has 0 spiro atoms. The number of aromatic nitrogens is 2. The maximum Gasteiger partial charge on any atom is 0.259 e. The zero-order valence-corrected chi connectivity index (χ0v) is 16.4. The number of benzene rings is 1. The molecule has 5 nitrogen and oxygen atoms in total. The van der Waals surface area contributed by atoms with E-state index in [-0.39, 0.29) is 11.9 Å². The van der Waals surface area contributed by atoms with E-state index in [0.717, 1.165) is 54.4 Å².